The summed E-state index contributed by atoms with van der Waals surface area (Å²) in [5.74, 6) is 0.225. The van der Waals surface area contributed by atoms with E-state index in [0.717, 1.165) is 5.56 Å². The molecule has 0 aromatic heterocycles. The molecule has 29 heavy (non-hydrogen) atoms. The van der Waals surface area contributed by atoms with Crippen LogP contribution in [0.1, 0.15) is 29.2 Å². The summed E-state index contributed by atoms with van der Waals surface area (Å²) in [5.41, 5.74) is 4.16. The summed E-state index contributed by atoms with van der Waals surface area (Å²) in [7, 11) is 0. The molecule has 2 nitrogen and oxygen atoms in total. The monoisotopic (exact) mass is 378 g/mol. The van der Waals surface area contributed by atoms with Gasteiger partial charge in [-0.25, -0.2) is 0 Å². The van der Waals surface area contributed by atoms with Crippen LogP contribution >= 0.6 is 0 Å². The van der Waals surface area contributed by atoms with Gasteiger partial charge in [-0.2, -0.15) is 0 Å². The topological polar surface area (TPSA) is 26.3 Å². The molecule has 0 unspecified atom stereocenters. The molecule has 0 aliphatic rings. The molecular weight excluding hydrogens is 356 g/mol. The summed E-state index contributed by atoms with van der Waals surface area (Å²) < 4.78 is 5.26. The molecule has 4 aromatic carbocycles. The lowest BCUT2D eigenvalue weighted by Gasteiger charge is -2.36. The fraction of sp³-hybridized carbons (Fsp3) is 0.0741. The molecule has 0 amide bonds. The predicted octanol–water partition coefficient (Wildman–Crippen LogP) is 5.99. The fourth-order valence-electron chi connectivity index (χ4n) is 4.00. The van der Waals surface area contributed by atoms with Crippen LogP contribution in [0.2, 0.25) is 0 Å². The number of rotatable bonds is 5. The van der Waals surface area contributed by atoms with Crippen LogP contribution in [0.15, 0.2) is 115 Å². The van der Waals surface area contributed by atoms with Gasteiger partial charge in [0.25, 0.3) is 0 Å². The van der Waals surface area contributed by atoms with Gasteiger partial charge in [0.1, 0.15) is 5.75 Å². The first-order chi connectivity index (χ1) is 14.2. The van der Waals surface area contributed by atoms with Gasteiger partial charge in [-0.15, -0.1) is 0 Å². The van der Waals surface area contributed by atoms with Crippen molar-refractivity contribution in [1.29, 1.82) is 0 Å². The van der Waals surface area contributed by atoms with E-state index in [1.165, 1.54) is 23.6 Å². The summed E-state index contributed by atoms with van der Waals surface area (Å²) >= 11 is 0. The number of hydrogen-bond donors (Lipinski definition) is 0. The van der Waals surface area contributed by atoms with Gasteiger partial charge in [0, 0.05) is 6.92 Å². The lowest BCUT2D eigenvalue weighted by molar-refractivity contribution is -0.131. The van der Waals surface area contributed by atoms with Crippen molar-refractivity contribution < 1.29 is 9.53 Å². The molecule has 0 saturated carbocycles. The highest BCUT2D eigenvalue weighted by atomic mass is 16.5. The second-order valence-electron chi connectivity index (χ2n) is 6.97. The zero-order valence-electron chi connectivity index (χ0n) is 16.3. The first-order valence-corrected chi connectivity index (χ1v) is 9.67. The standard InChI is InChI=1S/C27H22O2/c1-21(28)29-26-19-17-25(18-20-26)27(22-11-5-2-6-12-22,23-13-7-3-8-14-23)24-15-9-4-10-16-24/h2-20H,1H3. The minimum absolute atomic E-state index is 0.321. The maximum absolute atomic E-state index is 11.3. The SMILES string of the molecule is CC(=O)Oc1ccc(C(c2ccccc2)(c2ccccc2)c2ccccc2)cc1. The van der Waals surface area contributed by atoms with E-state index in [-0.39, 0.29) is 5.97 Å². The van der Waals surface area contributed by atoms with E-state index in [0.29, 0.717) is 5.75 Å². The number of esters is 1. The molecule has 0 bridgehead atoms. The number of benzene rings is 4. The Labute approximate surface area is 171 Å². The van der Waals surface area contributed by atoms with Gasteiger partial charge in [-0.3, -0.25) is 4.79 Å². The van der Waals surface area contributed by atoms with Crippen LogP contribution in [-0.2, 0) is 10.2 Å². The molecule has 0 aliphatic heterocycles. The number of hydrogen-bond acceptors (Lipinski definition) is 2. The Morgan fingerprint density at radius 2 is 0.897 bits per heavy atom. The van der Waals surface area contributed by atoms with Crippen LogP contribution in [0, 0.1) is 0 Å². The Balaban J connectivity index is 2.02. The molecule has 142 valence electrons. The molecule has 0 saturated heterocycles. The average Bonchev–Trinajstić information content (AvgIpc) is 2.77. The van der Waals surface area contributed by atoms with Crippen LogP contribution in [0.3, 0.4) is 0 Å². The molecule has 0 spiro atoms. The van der Waals surface area contributed by atoms with Gasteiger partial charge >= 0.3 is 5.97 Å². The van der Waals surface area contributed by atoms with Gasteiger partial charge < -0.3 is 4.74 Å². The van der Waals surface area contributed by atoms with Crippen molar-refractivity contribution in [1.82, 2.24) is 0 Å². The molecule has 0 aliphatic carbocycles. The first-order valence-electron chi connectivity index (χ1n) is 9.67. The van der Waals surface area contributed by atoms with Gasteiger partial charge in [-0.1, -0.05) is 103 Å². The Hall–Kier alpha value is -3.65. The minimum atomic E-state index is -0.488. The lowest BCUT2D eigenvalue weighted by atomic mass is 9.65. The quantitative estimate of drug-likeness (QED) is 0.242. The van der Waals surface area contributed by atoms with Crippen molar-refractivity contribution in [2.24, 2.45) is 0 Å². The molecular formula is C27H22O2. The zero-order chi connectivity index (χ0) is 20.1. The van der Waals surface area contributed by atoms with Crippen LogP contribution < -0.4 is 4.74 Å². The van der Waals surface area contributed by atoms with Crippen LogP contribution in [0.4, 0.5) is 0 Å². The van der Waals surface area contributed by atoms with Gasteiger partial charge in [-0.05, 0) is 34.4 Å². The Morgan fingerprint density at radius 3 is 1.24 bits per heavy atom. The number of carbonyl (C=O) groups excluding carboxylic acids is 1. The maximum Gasteiger partial charge on any atom is 0.308 e. The second-order valence-corrected chi connectivity index (χ2v) is 6.97. The van der Waals surface area contributed by atoms with Crippen molar-refractivity contribution >= 4 is 5.97 Å². The van der Waals surface area contributed by atoms with E-state index >= 15 is 0 Å². The molecule has 0 atom stereocenters. The minimum Gasteiger partial charge on any atom is -0.427 e. The third-order valence-corrected chi connectivity index (χ3v) is 5.17. The van der Waals surface area contributed by atoms with Crippen molar-refractivity contribution in [2.75, 3.05) is 0 Å². The molecule has 0 fully saturated rings. The lowest BCUT2D eigenvalue weighted by Crippen LogP contribution is -2.30. The second kappa shape index (κ2) is 8.15. The first kappa shape index (κ1) is 18.7. The van der Waals surface area contributed by atoms with E-state index < -0.39 is 5.41 Å². The van der Waals surface area contributed by atoms with E-state index in [4.69, 9.17) is 4.74 Å². The summed E-state index contributed by atoms with van der Waals surface area (Å²) in [6, 6.07) is 39.4. The molecule has 0 radical (unpaired) electrons. The molecule has 0 heterocycles. The third-order valence-electron chi connectivity index (χ3n) is 5.17. The summed E-state index contributed by atoms with van der Waals surface area (Å²) in [6.45, 7) is 1.41. The van der Waals surface area contributed by atoms with E-state index in [9.17, 15) is 4.79 Å². The molecule has 0 N–H and O–H groups in total. The normalized spacial score (nSPS) is 11.1. The predicted molar refractivity (Wildman–Crippen MR) is 116 cm³/mol. The smallest absolute Gasteiger partial charge is 0.308 e. The zero-order valence-corrected chi connectivity index (χ0v) is 16.3. The summed E-state index contributed by atoms with van der Waals surface area (Å²) in [4.78, 5) is 11.3. The number of carbonyl (C=O) groups is 1. The van der Waals surface area contributed by atoms with Crippen molar-refractivity contribution in [3.8, 4) is 5.75 Å². The largest absolute Gasteiger partial charge is 0.427 e. The summed E-state index contributed by atoms with van der Waals surface area (Å²) in [6.07, 6.45) is 0. The van der Waals surface area contributed by atoms with Crippen LogP contribution in [0.25, 0.3) is 0 Å². The molecule has 4 aromatic rings. The highest BCUT2D eigenvalue weighted by Gasteiger charge is 2.38. The van der Waals surface area contributed by atoms with Gasteiger partial charge in [0.2, 0.25) is 0 Å². The fourth-order valence-corrected chi connectivity index (χ4v) is 4.00. The summed E-state index contributed by atoms with van der Waals surface area (Å²) in [5, 5.41) is 0. The van der Waals surface area contributed by atoms with Crippen molar-refractivity contribution in [3.05, 3.63) is 138 Å². The van der Waals surface area contributed by atoms with E-state index in [1.54, 1.807) is 0 Å². The highest BCUT2D eigenvalue weighted by molar-refractivity contribution is 5.69. The van der Waals surface area contributed by atoms with Gasteiger partial charge in [0.15, 0.2) is 0 Å². The maximum atomic E-state index is 11.3. The van der Waals surface area contributed by atoms with E-state index in [1.807, 2.05) is 42.5 Å². The number of ether oxygens (including phenoxy) is 1. The van der Waals surface area contributed by atoms with Crippen molar-refractivity contribution in [2.45, 2.75) is 12.3 Å². The Kier molecular flexibility index (Phi) is 5.26. The molecule has 2 heteroatoms. The average molecular weight is 378 g/mol. The Morgan fingerprint density at radius 1 is 0.552 bits per heavy atom. The highest BCUT2D eigenvalue weighted by Crippen LogP contribution is 2.45. The Bertz CT molecular complexity index is 973. The van der Waals surface area contributed by atoms with Crippen LogP contribution in [-0.4, -0.2) is 5.97 Å². The molecule has 4 rings (SSSR count). The van der Waals surface area contributed by atoms with Crippen LogP contribution in [0.5, 0.6) is 5.75 Å². The van der Waals surface area contributed by atoms with E-state index in [2.05, 4.69) is 72.8 Å². The van der Waals surface area contributed by atoms with Gasteiger partial charge in [0.05, 0.1) is 5.41 Å². The third kappa shape index (κ3) is 3.57. The van der Waals surface area contributed by atoms with Crippen molar-refractivity contribution in [3.63, 3.8) is 0 Å².